The van der Waals surface area contributed by atoms with E-state index in [1.165, 1.54) is 22.8 Å². The fourth-order valence-corrected chi connectivity index (χ4v) is 1.71. The van der Waals surface area contributed by atoms with Crippen LogP contribution in [0.25, 0.3) is 5.69 Å². The molecule has 2 rings (SSSR count). The van der Waals surface area contributed by atoms with Gasteiger partial charge >= 0.3 is 0 Å². The molecule has 1 heterocycles. The Hall–Kier alpha value is -2.57. The maximum atomic E-state index is 13.5. The molecule has 106 valence electrons. The fraction of sp³-hybridized carbons (Fsp3) is 0.231. The van der Waals surface area contributed by atoms with Crippen LogP contribution in [0.3, 0.4) is 0 Å². The summed E-state index contributed by atoms with van der Waals surface area (Å²) in [6.07, 6.45) is 1.58. The molecule has 2 N–H and O–H groups in total. The first-order valence-corrected chi connectivity index (χ1v) is 5.84. The molecule has 1 amide bonds. The van der Waals surface area contributed by atoms with Crippen molar-refractivity contribution < 1.29 is 13.9 Å². The van der Waals surface area contributed by atoms with Gasteiger partial charge < -0.3 is 15.4 Å². The number of halogens is 1. The molecule has 7 heteroatoms. The van der Waals surface area contributed by atoms with Gasteiger partial charge in [-0.1, -0.05) is 0 Å². The van der Waals surface area contributed by atoms with E-state index in [1.54, 1.807) is 26.4 Å². The Balaban J connectivity index is 2.45. The summed E-state index contributed by atoms with van der Waals surface area (Å²) < 4.78 is 19.8. The summed E-state index contributed by atoms with van der Waals surface area (Å²) in [5, 5.41) is 4.14. The molecular formula is C13H15FN4O2. The summed E-state index contributed by atoms with van der Waals surface area (Å²) in [5.41, 5.74) is 6.70. The number of nitrogens with two attached hydrogens (primary N) is 1. The minimum Gasteiger partial charge on any atom is -0.494 e. The highest BCUT2D eigenvalue weighted by atomic mass is 19.1. The van der Waals surface area contributed by atoms with Gasteiger partial charge in [-0.05, 0) is 6.07 Å². The van der Waals surface area contributed by atoms with E-state index in [-0.39, 0.29) is 23.0 Å². The zero-order chi connectivity index (χ0) is 14.9. The Kier molecular flexibility index (Phi) is 3.60. The zero-order valence-electron chi connectivity index (χ0n) is 11.4. The van der Waals surface area contributed by atoms with Gasteiger partial charge in [0.2, 0.25) is 0 Å². The minimum atomic E-state index is -0.550. The number of hydrogen-bond donors (Lipinski definition) is 1. The van der Waals surface area contributed by atoms with Crippen molar-refractivity contribution >= 4 is 11.6 Å². The lowest BCUT2D eigenvalue weighted by Crippen LogP contribution is -2.22. The number of hydrogen-bond acceptors (Lipinski definition) is 4. The van der Waals surface area contributed by atoms with Crippen LogP contribution in [0.15, 0.2) is 24.4 Å². The molecule has 1 aromatic heterocycles. The molecule has 0 saturated heterocycles. The van der Waals surface area contributed by atoms with Gasteiger partial charge in [0.1, 0.15) is 0 Å². The second kappa shape index (κ2) is 5.20. The topological polar surface area (TPSA) is 73.4 Å². The number of benzene rings is 1. The number of amides is 1. The largest absolute Gasteiger partial charge is 0.494 e. The molecule has 0 aliphatic rings. The first kappa shape index (κ1) is 13.9. The van der Waals surface area contributed by atoms with E-state index in [0.29, 0.717) is 5.69 Å². The van der Waals surface area contributed by atoms with Crippen LogP contribution in [0, 0.1) is 5.82 Å². The van der Waals surface area contributed by atoms with E-state index in [4.69, 9.17) is 10.5 Å². The van der Waals surface area contributed by atoms with E-state index in [1.807, 2.05) is 0 Å². The predicted octanol–water partition coefficient (Wildman–Crippen LogP) is 1.30. The van der Waals surface area contributed by atoms with Crippen molar-refractivity contribution in [2.45, 2.75) is 0 Å². The van der Waals surface area contributed by atoms with E-state index in [9.17, 15) is 9.18 Å². The average molecular weight is 278 g/mol. The molecule has 2 aromatic rings. The molecule has 0 radical (unpaired) electrons. The summed E-state index contributed by atoms with van der Waals surface area (Å²) in [6, 6.07) is 4.16. The van der Waals surface area contributed by atoms with Gasteiger partial charge in [-0.15, -0.1) is 0 Å². The first-order chi connectivity index (χ1) is 9.43. The Morgan fingerprint density at radius 1 is 1.45 bits per heavy atom. The van der Waals surface area contributed by atoms with Crippen molar-refractivity contribution in [2.24, 2.45) is 0 Å². The maximum absolute atomic E-state index is 13.5. The smallest absolute Gasteiger partial charge is 0.273 e. The third-order valence-electron chi connectivity index (χ3n) is 2.76. The van der Waals surface area contributed by atoms with E-state index in [0.717, 1.165) is 6.07 Å². The summed E-state index contributed by atoms with van der Waals surface area (Å²) in [5.74, 6) is -0.716. The number of nitrogen functional groups attached to an aromatic ring is 1. The van der Waals surface area contributed by atoms with E-state index in [2.05, 4.69) is 5.10 Å². The lowest BCUT2D eigenvalue weighted by atomic mass is 10.2. The van der Waals surface area contributed by atoms with Crippen LogP contribution in [0.2, 0.25) is 0 Å². The maximum Gasteiger partial charge on any atom is 0.273 e. The second-order valence-electron chi connectivity index (χ2n) is 4.39. The highest BCUT2D eigenvalue weighted by Crippen LogP contribution is 2.26. The number of carbonyl (C=O) groups excluding carboxylic acids is 1. The van der Waals surface area contributed by atoms with Crippen molar-refractivity contribution in [2.75, 3.05) is 26.9 Å². The van der Waals surface area contributed by atoms with Crippen LogP contribution < -0.4 is 10.5 Å². The van der Waals surface area contributed by atoms with Gasteiger partial charge in [-0.2, -0.15) is 5.10 Å². The minimum absolute atomic E-state index is 0.0604. The molecule has 0 atom stereocenters. The highest BCUT2D eigenvalue weighted by molar-refractivity contribution is 5.91. The van der Waals surface area contributed by atoms with Gasteiger partial charge in [0, 0.05) is 32.4 Å². The molecule has 6 nitrogen and oxygen atoms in total. The van der Waals surface area contributed by atoms with E-state index < -0.39 is 5.82 Å². The Morgan fingerprint density at radius 3 is 2.75 bits per heavy atom. The molecule has 0 aliphatic carbocycles. The Bertz CT molecular complexity index is 652. The molecule has 0 bridgehead atoms. The lowest BCUT2D eigenvalue weighted by molar-refractivity contribution is 0.0821. The molecule has 0 saturated carbocycles. The molecule has 20 heavy (non-hydrogen) atoms. The average Bonchev–Trinajstić information content (AvgIpc) is 2.87. The summed E-state index contributed by atoms with van der Waals surface area (Å²) in [6.45, 7) is 0. The van der Waals surface area contributed by atoms with Gasteiger partial charge in [-0.3, -0.25) is 4.79 Å². The number of ether oxygens (including phenoxy) is 1. The van der Waals surface area contributed by atoms with Crippen LogP contribution in [-0.2, 0) is 0 Å². The number of nitrogens with zero attached hydrogens (tertiary/aromatic N) is 3. The predicted molar refractivity (Wildman–Crippen MR) is 72.5 cm³/mol. The van der Waals surface area contributed by atoms with Gasteiger partial charge in [-0.25, -0.2) is 9.07 Å². The van der Waals surface area contributed by atoms with Crippen LogP contribution in [0.4, 0.5) is 10.1 Å². The van der Waals surface area contributed by atoms with E-state index >= 15 is 0 Å². The molecule has 0 aliphatic heterocycles. The van der Waals surface area contributed by atoms with Crippen molar-refractivity contribution in [3.8, 4) is 11.4 Å². The normalized spacial score (nSPS) is 10.4. The zero-order valence-corrected chi connectivity index (χ0v) is 11.4. The number of aromatic nitrogens is 2. The van der Waals surface area contributed by atoms with Crippen LogP contribution in [0.1, 0.15) is 10.5 Å². The van der Waals surface area contributed by atoms with Crippen LogP contribution in [0.5, 0.6) is 5.75 Å². The van der Waals surface area contributed by atoms with Crippen LogP contribution >= 0.6 is 0 Å². The highest BCUT2D eigenvalue weighted by Gasteiger charge is 2.15. The first-order valence-electron chi connectivity index (χ1n) is 5.84. The van der Waals surface area contributed by atoms with Crippen molar-refractivity contribution in [3.05, 3.63) is 35.9 Å². The van der Waals surface area contributed by atoms with Crippen molar-refractivity contribution in [1.82, 2.24) is 14.7 Å². The van der Waals surface area contributed by atoms with Gasteiger partial charge in [0.05, 0.1) is 18.5 Å². The molecular weight excluding hydrogens is 263 g/mol. The quantitative estimate of drug-likeness (QED) is 0.859. The standard InChI is InChI=1S/C13H15FN4O2/c1-17(2)13(19)10-4-5-18(16-10)11-7-12(20-3)8(14)6-9(11)15/h4-7H,15H2,1-3H3. The number of rotatable bonds is 3. The number of methoxy groups -OCH3 is 1. The number of carbonyl (C=O) groups is 1. The fourth-order valence-electron chi connectivity index (χ4n) is 1.71. The molecule has 1 aromatic carbocycles. The summed E-state index contributed by atoms with van der Waals surface area (Å²) >= 11 is 0. The van der Waals surface area contributed by atoms with Crippen molar-refractivity contribution in [3.63, 3.8) is 0 Å². The van der Waals surface area contributed by atoms with Crippen molar-refractivity contribution in [1.29, 1.82) is 0 Å². The molecule has 0 fully saturated rings. The van der Waals surface area contributed by atoms with Gasteiger partial charge in [0.15, 0.2) is 17.3 Å². The lowest BCUT2D eigenvalue weighted by Gasteiger charge is -2.10. The number of anilines is 1. The second-order valence-corrected chi connectivity index (χ2v) is 4.39. The van der Waals surface area contributed by atoms with Crippen LogP contribution in [-0.4, -0.2) is 41.8 Å². The molecule has 0 unspecified atom stereocenters. The Morgan fingerprint density at radius 2 is 2.15 bits per heavy atom. The Labute approximate surface area is 115 Å². The molecule has 0 spiro atoms. The van der Waals surface area contributed by atoms with Gasteiger partial charge in [0.25, 0.3) is 5.91 Å². The summed E-state index contributed by atoms with van der Waals surface area (Å²) in [4.78, 5) is 13.2. The third kappa shape index (κ3) is 2.42. The summed E-state index contributed by atoms with van der Waals surface area (Å²) in [7, 11) is 4.63. The monoisotopic (exact) mass is 278 g/mol. The SMILES string of the molecule is COc1cc(-n2ccc(C(=O)N(C)C)n2)c(N)cc1F. The third-order valence-corrected chi connectivity index (χ3v) is 2.76.